The minimum absolute atomic E-state index is 0.311. The van der Waals surface area contributed by atoms with E-state index in [1.54, 1.807) is 24.3 Å². The Kier molecular flexibility index (Phi) is 1.94. The number of hydrogen-bond acceptors (Lipinski definition) is 4. The lowest BCUT2D eigenvalue weighted by Crippen LogP contribution is -2.02. The van der Waals surface area contributed by atoms with Crippen LogP contribution >= 0.6 is 0 Å². The summed E-state index contributed by atoms with van der Waals surface area (Å²) in [6.45, 7) is 0. The summed E-state index contributed by atoms with van der Waals surface area (Å²) in [7, 11) is 0. The molecule has 6 nitrogen and oxygen atoms in total. The molecule has 1 aromatic heterocycles. The number of benzene rings is 1. The first-order chi connectivity index (χ1) is 6.77. The van der Waals surface area contributed by atoms with Crippen LogP contribution in [0.25, 0.3) is 5.69 Å². The van der Waals surface area contributed by atoms with Crippen LogP contribution in [0.4, 0.5) is 0 Å². The molecule has 0 spiro atoms. The molecule has 1 heterocycles. The monoisotopic (exact) mass is 190 g/mol. The first-order valence-corrected chi connectivity index (χ1v) is 3.86. The van der Waals surface area contributed by atoms with Gasteiger partial charge in [0.2, 0.25) is 0 Å². The standard InChI is InChI=1S/C8H6N4O2/c13-8(14)7-9-11-12(10-7)6-4-2-1-3-5-6/h1-5H,(H,13,14). The summed E-state index contributed by atoms with van der Waals surface area (Å²) < 4.78 is 0. The zero-order valence-electron chi connectivity index (χ0n) is 7.03. The predicted molar refractivity (Wildman–Crippen MR) is 46.1 cm³/mol. The van der Waals surface area contributed by atoms with E-state index in [0.717, 1.165) is 0 Å². The number of carboxylic acids is 1. The van der Waals surface area contributed by atoms with Gasteiger partial charge in [0.25, 0.3) is 5.82 Å². The lowest BCUT2D eigenvalue weighted by Gasteiger charge is -1.94. The molecule has 6 heteroatoms. The van der Waals surface area contributed by atoms with Gasteiger partial charge >= 0.3 is 5.97 Å². The molecule has 0 aliphatic heterocycles. The second-order valence-corrected chi connectivity index (χ2v) is 2.54. The van der Waals surface area contributed by atoms with E-state index in [1.807, 2.05) is 6.07 Å². The van der Waals surface area contributed by atoms with E-state index in [1.165, 1.54) is 4.80 Å². The van der Waals surface area contributed by atoms with Crippen molar-refractivity contribution in [3.05, 3.63) is 36.2 Å². The summed E-state index contributed by atoms with van der Waals surface area (Å²) in [5, 5.41) is 19.2. The summed E-state index contributed by atoms with van der Waals surface area (Å²) in [6.07, 6.45) is 0. The Labute approximate surface area is 78.8 Å². The highest BCUT2D eigenvalue weighted by atomic mass is 16.4. The number of tetrazole rings is 1. The minimum atomic E-state index is -1.19. The smallest absolute Gasteiger partial charge is 0.377 e. The predicted octanol–water partition coefficient (Wildman–Crippen LogP) is 0.360. The van der Waals surface area contributed by atoms with Crippen molar-refractivity contribution >= 4 is 5.97 Å². The minimum Gasteiger partial charge on any atom is -0.475 e. The third-order valence-electron chi connectivity index (χ3n) is 1.59. The van der Waals surface area contributed by atoms with Crippen LogP contribution < -0.4 is 0 Å². The summed E-state index contributed by atoms with van der Waals surface area (Å²) in [4.78, 5) is 11.6. The van der Waals surface area contributed by atoms with E-state index in [-0.39, 0.29) is 5.82 Å². The molecule has 0 amide bonds. The molecule has 14 heavy (non-hydrogen) atoms. The van der Waals surface area contributed by atoms with Crippen molar-refractivity contribution in [1.29, 1.82) is 0 Å². The third kappa shape index (κ3) is 1.45. The Hall–Kier alpha value is -2.24. The molecular formula is C8H6N4O2. The lowest BCUT2D eigenvalue weighted by atomic mass is 10.3. The summed E-state index contributed by atoms with van der Waals surface area (Å²) in [5.74, 6) is -1.50. The Balaban J connectivity index is 2.39. The zero-order chi connectivity index (χ0) is 9.97. The van der Waals surface area contributed by atoms with Crippen LogP contribution in [-0.4, -0.2) is 31.3 Å². The van der Waals surface area contributed by atoms with Crippen LogP contribution in [-0.2, 0) is 0 Å². The van der Waals surface area contributed by atoms with Gasteiger partial charge < -0.3 is 5.11 Å². The first kappa shape index (κ1) is 8.36. The molecule has 1 aromatic carbocycles. The van der Waals surface area contributed by atoms with E-state index in [0.29, 0.717) is 5.69 Å². The number of rotatable bonds is 2. The Morgan fingerprint density at radius 3 is 2.57 bits per heavy atom. The maximum Gasteiger partial charge on any atom is 0.377 e. The number of aromatic nitrogens is 4. The lowest BCUT2D eigenvalue weighted by molar-refractivity contribution is 0.0683. The number of carbonyl (C=O) groups is 1. The van der Waals surface area contributed by atoms with Crippen LogP contribution in [0, 0.1) is 0 Å². The van der Waals surface area contributed by atoms with Gasteiger partial charge in [0.1, 0.15) is 0 Å². The van der Waals surface area contributed by atoms with E-state index in [2.05, 4.69) is 15.4 Å². The SMILES string of the molecule is O=C(O)c1nnn(-c2ccccc2)n1. The third-order valence-corrected chi connectivity index (χ3v) is 1.59. The van der Waals surface area contributed by atoms with Crippen molar-refractivity contribution in [2.24, 2.45) is 0 Å². The summed E-state index contributed by atoms with van der Waals surface area (Å²) in [5.41, 5.74) is 0.674. The molecule has 0 atom stereocenters. The first-order valence-electron chi connectivity index (χ1n) is 3.86. The van der Waals surface area contributed by atoms with Crippen molar-refractivity contribution in [3.8, 4) is 5.69 Å². The Bertz CT molecular complexity index is 451. The molecule has 0 unspecified atom stereocenters. The summed E-state index contributed by atoms with van der Waals surface area (Å²) in [6, 6.07) is 8.97. The Morgan fingerprint density at radius 2 is 2.00 bits per heavy atom. The van der Waals surface area contributed by atoms with Crippen LogP contribution in [0.15, 0.2) is 30.3 Å². The molecule has 70 valence electrons. The Morgan fingerprint density at radius 1 is 1.29 bits per heavy atom. The summed E-state index contributed by atoms with van der Waals surface area (Å²) >= 11 is 0. The zero-order valence-corrected chi connectivity index (χ0v) is 7.03. The van der Waals surface area contributed by atoms with Crippen LogP contribution in [0.5, 0.6) is 0 Å². The van der Waals surface area contributed by atoms with Crippen molar-refractivity contribution in [3.63, 3.8) is 0 Å². The van der Waals surface area contributed by atoms with Gasteiger partial charge in [0.05, 0.1) is 5.69 Å². The number of nitrogens with zero attached hydrogens (tertiary/aromatic N) is 4. The van der Waals surface area contributed by atoms with Crippen molar-refractivity contribution in [2.45, 2.75) is 0 Å². The highest BCUT2D eigenvalue weighted by Crippen LogP contribution is 2.02. The van der Waals surface area contributed by atoms with E-state index in [4.69, 9.17) is 5.11 Å². The fourth-order valence-electron chi connectivity index (χ4n) is 0.971. The molecule has 0 aliphatic carbocycles. The van der Waals surface area contributed by atoms with E-state index in [9.17, 15) is 4.79 Å². The second-order valence-electron chi connectivity index (χ2n) is 2.54. The number of carboxylic acid groups (broad SMARTS) is 1. The van der Waals surface area contributed by atoms with Crippen molar-refractivity contribution in [1.82, 2.24) is 20.2 Å². The number of para-hydroxylation sites is 1. The van der Waals surface area contributed by atoms with Gasteiger partial charge in [-0.3, -0.25) is 0 Å². The quantitative estimate of drug-likeness (QED) is 0.739. The van der Waals surface area contributed by atoms with Crippen molar-refractivity contribution in [2.75, 3.05) is 0 Å². The van der Waals surface area contributed by atoms with Gasteiger partial charge in [-0.2, -0.15) is 0 Å². The number of hydrogen-bond donors (Lipinski definition) is 1. The normalized spacial score (nSPS) is 10.0. The molecule has 0 saturated heterocycles. The van der Waals surface area contributed by atoms with Crippen LogP contribution in [0.1, 0.15) is 10.6 Å². The van der Waals surface area contributed by atoms with Gasteiger partial charge in [0.15, 0.2) is 0 Å². The molecular weight excluding hydrogens is 184 g/mol. The fourth-order valence-corrected chi connectivity index (χ4v) is 0.971. The van der Waals surface area contributed by atoms with Gasteiger partial charge in [-0.25, -0.2) is 4.79 Å². The molecule has 2 aromatic rings. The topological polar surface area (TPSA) is 80.9 Å². The molecule has 0 bridgehead atoms. The molecule has 1 N–H and O–H groups in total. The largest absolute Gasteiger partial charge is 0.475 e. The highest BCUT2D eigenvalue weighted by molar-refractivity contribution is 5.82. The van der Waals surface area contributed by atoms with E-state index >= 15 is 0 Å². The molecule has 2 rings (SSSR count). The van der Waals surface area contributed by atoms with E-state index < -0.39 is 5.97 Å². The van der Waals surface area contributed by atoms with Gasteiger partial charge in [-0.15, -0.1) is 15.0 Å². The van der Waals surface area contributed by atoms with Gasteiger partial charge in [-0.1, -0.05) is 18.2 Å². The molecule has 0 aliphatic rings. The van der Waals surface area contributed by atoms with Gasteiger partial charge in [-0.05, 0) is 17.3 Å². The maximum atomic E-state index is 10.5. The molecule has 0 saturated carbocycles. The number of aromatic carboxylic acids is 1. The van der Waals surface area contributed by atoms with Crippen molar-refractivity contribution < 1.29 is 9.90 Å². The maximum absolute atomic E-state index is 10.5. The van der Waals surface area contributed by atoms with Crippen LogP contribution in [0.3, 0.4) is 0 Å². The second kappa shape index (κ2) is 3.25. The average Bonchev–Trinajstić information content (AvgIpc) is 2.68. The molecule has 0 radical (unpaired) electrons. The average molecular weight is 190 g/mol. The fraction of sp³-hybridized carbons (Fsp3) is 0. The molecule has 0 fully saturated rings. The van der Waals surface area contributed by atoms with Crippen LogP contribution in [0.2, 0.25) is 0 Å². The van der Waals surface area contributed by atoms with Gasteiger partial charge in [0, 0.05) is 0 Å². The highest BCUT2D eigenvalue weighted by Gasteiger charge is 2.10.